The number of ether oxygens (including phenoxy) is 1. The number of fused-ring (bicyclic) bond motifs is 2. The average molecular weight is 393 g/mol. The highest BCUT2D eigenvalue weighted by Crippen LogP contribution is 2.20. The normalized spacial score (nSPS) is 11.4. The molecule has 1 amide bonds. The van der Waals surface area contributed by atoms with Gasteiger partial charge < -0.3 is 14.6 Å². The topological polar surface area (TPSA) is 99.2 Å². The second-order valence-electron chi connectivity index (χ2n) is 7.02. The lowest BCUT2D eigenvalue weighted by Crippen LogP contribution is -2.25. The van der Waals surface area contributed by atoms with Crippen molar-refractivity contribution in [1.29, 1.82) is 0 Å². The fraction of sp³-hybridized carbons (Fsp3) is 0.350. The van der Waals surface area contributed by atoms with Crippen molar-refractivity contribution < 1.29 is 9.53 Å². The van der Waals surface area contributed by atoms with Crippen LogP contribution in [-0.2, 0) is 17.8 Å². The summed E-state index contributed by atoms with van der Waals surface area (Å²) in [5.74, 6) is 1.85. The molecule has 0 saturated heterocycles. The van der Waals surface area contributed by atoms with Gasteiger partial charge in [0.25, 0.3) is 0 Å². The van der Waals surface area contributed by atoms with Crippen LogP contribution in [0.1, 0.15) is 38.0 Å². The highest BCUT2D eigenvalue weighted by atomic mass is 16.5. The molecular formula is C20H23N7O2. The number of amides is 1. The van der Waals surface area contributed by atoms with Crippen molar-refractivity contribution >= 4 is 22.6 Å². The Morgan fingerprint density at radius 1 is 1.14 bits per heavy atom. The summed E-state index contributed by atoms with van der Waals surface area (Å²) < 4.78 is 8.89. The standard InChI is InChI=1S/C20H23N7O2/c1-13(2)26-15-7-5-4-6-14(15)22-18(26)12-21-19(28)10-8-16-23-24-17-9-11-20(29-3)25-27(16)17/h4-7,9,11,13H,8,10,12H2,1-3H3,(H,21,28). The molecule has 29 heavy (non-hydrogen) atoms. The number of hydrogen-bond donors (Lipinski definition) is 1. The Kier molecular flexibility index (Phi) is 5.11. The quantitative estimate of drug-likeness (QED) is 0.517. The van der Waals surface area contributed by atoms with Crippen LogP contribution in [0.4, 0.5) is 0 Å². The molecule has 0 atom stereocenters. The third-order valence-corrected chi connectivity index (χ3v) is 4.72. The van der Waals surface area contributed by atoms with Gasteiger partial charge in [-0.2, -0.15) is 4.52 Å². The van der Waals surface area contributed by atoms with Gasteiger partial charge in [-0.15, -0.1) is 15.3 Å². The minimum Gasteiger partial charge on any atom is -0.480 e. The van der Waals surface area contributed by atoms with E-state index in [1.54, 1.807) is 23.8 Å². The van der Waals surface area contributed by atoms with E-state index in [4.69, 9.17) is 4.74 Å². The zero-order valence-corrected chi connectivity index (χ0v) is 16.7. The Balaban J connectivity index is 1.42. The van der Waals surface area contributed by atoms with E-state index in [-0.39, 0.29) is 18.4 Å². The molecule has 1 N–H and O–H groups in total. The van der Waals surface area contributed by atoms with Crippen LogP contribution in [0.3, 0.4) is 0 Å². The number of benzene rings is 1. The number of aryl methyl sites for hydroxylation is 1. The van der Waals surface area contributed by atoms with E-state index in [0.717, 1.165) is 16.9 Å². The summed E-state index contributed by atoms with van der Waals surface area (Å²) in [5.41, 5.74) is 2.62. The first kappa shape index (κ1) is 18.9. The van der Waals surface area contributed by atoms with Crippen LogP contribution in [0.15, 0.2) is 36.4 Å². The van der Waals surface area contributed by atoms with E-state index in [0.29, 0.717) is 30.3 Å². The minimum atomic E-state index is -0.0768. The van der Waals surface area contributed by atoms with E-state index in [1.165, 1.54) is 0 Å². The third kappa shape index (κ3) is 3.75. The zero-order valence-electron chi connectivity index (χ0n) is 16.7. The summed E-state index contributed by atoms with van der Waals surface area (Å²) in [6.45, 7) is 4.59. The van der Waals surface area contributed by atoms with E-state index in [2.05, 4.69) is 44.0 Å². The van der Waals surface area contributed by atoms with E-state index >= 15 is 0 Å². The number of methoxy groups -OCH3 is 1. The van der Waals surface area contributed by atoms with Crippen LogP contribution >= 0.6 is 0 Å². The molecule has 9 nitrogen and oxygen atoms in total. The van der Waals surface area contributed by atoms with Crippen LogP contribution in [0.2, 0.25) is 0 Å². The molecule has 1 aromatic carbocycles. The fourth-order valence-electron chi connectivity index (χ4n) is 3.37. The summed E-state index contributed by atoms with van der Waals surface area (Å²) in [6, 6.07) is 11.7. The Morgan fingerprint density at radius 2 is 1.97 bits per heavy atom. The number of carbonyl (C=O) groups is 1. The lowest BCUT2D eigenvalue weighted by atomic mass is 10.3. The van der Waals surface area contributed by atoms with Crippen LogP contribution in [-0.4, -0.2) is 42.4 Å². The Hall–Kier alpha value is -3.49. The van der Waals surface area contributed by atoms with Crippen LogP contribution in [0.5, 0.6) is 5.88 Å². The lowest BCUT2D eigenvalue weighted by Gasteiger charge is -2.13. The number of imidazole rings is 1. The number of rotatable bonds is 7. The number of para-hydroxylation sites is 2. The summed E-state index contributed by atoms with van der Waals surface area (Å²) in [7, 11) is 1.55. The predicted molar refractivity (Wildman–Crippen MR) is 108 cm³/mol. The number of aromatic nitrogens is 6. The zero-order chi connectivity index (χ0) is 20.4. The summed E-state index contributed by atoms with van der Waals surface area (Å²) in [4.78, 5) is 17.1. The largest absolute Gasteiger partial charge is 0.480 e. The summed E-state index contributed by atoms with van der Waals surface area (Å²) in [6.07, 6.45) is 0.704. The molecule has 0 spiro atoms. The second kappa shape index (κ2) is 7.86. The van der Waals surface area contributed by atoms with Gasteiger partial charge in [0.15, 0.2) is 11.5 Å². The van der Waals surface area contributed by atoms with Crippen LogP contribution in [0, 0.1) is 0 Å². The molecule has 3 heterocycles. The van der Waals surface area contributed by atoms with Gasteiger partial charge in [-0.05, 0) is 32.0 Å². The lowest BCUT2D eigenvalue weighted by molar-refractivity contribution is -0.121. The predicted octanol–water partition coefficient (Wildman–Crippen LogP) is 2.31. The maximum absolute atomic E-state index is 12.4. The van der Waals surface area contributed by atoms with Gasteiger partial charge in [0, 0.05) is 24.9 Å². The molecule has 0 bridgehead atoms. The van der Waals surface area contributed by atoms with Crippen LogP contribution in [0.25, 0.3) is 16.7 Å². The molecule has 0 aliphatic carbocycles. The first-order valence-corrected chi connectivity index (χ1v) is 9.54. The molecule has 0 unspecified atom stereocenters. The molecule has 0 fully saturated rings. The van der Waals surface area contributed by atoms with Crippen molar-refractivity contribution in [2.45, 2.75) is 39.3 Å². The first-order valence-electron chi connectivity index (χ1n) is 9.54. The van der Waals surface area contributed by atoms with Gasteiger partial charge in [0.2, 0.25) is 11.8 Å². The second-order valence-corrected chi connectivity index (χ2v) is 7.02. The number of carbonyl (C=O) groups excluding carboxylic acids is 1. The first-order chi connectivity index (χ1) is 14.1. The van der Waals surface area contributed by atoms with Gasteiger partial charge in [-0.3, -0.25) is 4.79 Å². The molecule has 4 rings (SSSR count). The van der Waals surface area contributed by atoms with Crippen molar-refractivity contribution in [1.82, 2.24) is 34.7 Å². The molecule has 0 aliphatic heterocycles. The summed E-state index contributed by atoms with van der Waals surface area (Å²) in [5, 5.41) is 15.5. The minimum absolute atomic E-state index is 0.0768. The average Bonchev–Trinajstić information content (AvgIpc) is 3.31. The molecule has 0 radical (unpaired) electrons. The summed E-state index contributed by atoms with van der Waals surface area (Å²) >= 11 is 0. The number of hydrogen-bond acceptors (Lipinski definition) is 6. The van der Waals surface area contributed by atoms with Gasteiger partial charge in [-0.25, -0.2) is 4.98 Å². The van der Waals surface area contributed by atoms with Crippen molar-refractivity contribution in [3.05, 3.63) is 48.0 Å². The SMILES string of the molecule is COc1ccc2nnc(CCC(=O)NCc3nc4ccccc4n3C(C)C)n2n1. The van der Waals surface area contributed by atoms with Gasteiger partial charge in [0.05, 0.1) is 24.7 Å². The fourth-order valence-corrected chi connectivity index (χ4v) is 3.37. The number of nitrogens with one attached hydrogen (secondary N) is 1. The third-order valence-electron chi connectivity index (χ3n) is 4.72. The Bertz CT molecular complexity index is 1160. The molecule has 9 heteroatoms. The molecule has 3 aromatic heterocycles. The monoisotopic (exact) mass is 393 g/mol. The maximum atomic E-state index is 12.4. The number of nitrogens with zero attached hydrogens (tertiary/aromatic N) is 6. The Morgan fingerprint density at radius 3 is 2.76 bits per heavy atom. The van der Waals surface area contributed by atoms with Crippen molar-refractivity contribution in [3.63, 3.8) is 0 Å². The van der Waals surface area contributed by atoms with Crippen molar-refractivity contribution in [3.8, 4) is 5.88 Å². The van der Waals surface area contributed by atoms with Crippen molar-refractivity contribution in [2.75, 3.05) is 7.11 Å². The van der Waals surface area contributed by atoms with E-state index < -0.39 is 0 Å². The highest BCUT2D eigenvalue weighted by Gasteiger charge is 2.15. The smallest absolute Gasteiger partial charge is 0.231 e. The van der Waals surface area contributed by atoms with E-state index in [9.17, 15) is 4.79 Å². The van der Waals surface area contributed by atoms with E-state index in [1.807, 2.05) is 24.3 Å². The van der Waals surface area contributed by atoms with Crippen LogP contribution < -0.4 is 10.1 Å². The molecule has 0 aliphatic rings. The highest BCUT2D eigenvalue weighted by molar-refractivity contribution is 5.77. The molecule has 4 aromatic rings. The van der Waals surface area contributed by atoms with Gasteiger partial charge in [-0.1, -0.05) is 12.1 Å². The maximum Gasteiger partial charge on any atom is 0.231 e. The van der Waals surface area contributed by atoms with Gasteiger partial charge in [0.1, 0.15) is 5.82 Å². The van der Waals surface area contributed by atoms with Gasteiger partial charge >= 0.3 is 0 Å². The van der Waals surface area contributed by atoms with Crippen molar-refractivity contribution in [2.24, 2.45) is 0 Å². The molecular weight excluding hydrogens is 370 g/mol. The molecule has 150 valence electrons. The molecule has 0 saturated carbocycles. The Labute approximate surface area is 167 Å².